The summed E-state index contributed by atoms with van der Waals surface area (Å²) in [6.45, 7) is 5.98. The third kappa shape index (κ3) is 4.31. The first-order valence-corrected chi connectivity index (χ1v) is 12.3. The number of piperidine rings is 1. The number of hydrogen-bond acceptors (Lipinski definition) is 5. The molecule has 1 aromatic heterocycles. The van der Waals surface area contributed by atoms with Crippen molar-refractivity contribution in [3.05, 3.63) is 65.6 Å². The minimum atomic E-state index is 0.618. The molecule has 5 rings (SSSR count). The second-order valence-electron chi connectivity index (χ2n) is 8.72. The summed E-state index contributed by atoms with van der Waals surface area (Å²) in [6.07, 6.45) is 16.6. The van der Waals surface area contributed by atoms with E-state index in [-0.39, 0.29) is 0 Å². The van der Waals surface area contributed by atoms with Gasteiger partial charge < -0.3 is 4.90 Å². The first kappa shape index (κ1) is 20.8. The van der Waals surface area contributed by atoms with Crippen LogP contribution in [-0.2, 0) is 0 Å². The van der Waals surface area contributed by atoms with Crippen LogP contribution in [0.2, 0.25) is 5.02 Å². The summed E-state index contributed by atoms with van der Waals surface area (Å²) in [5.41, 5.74) is 3.47. The lowest BCUT2D eigenvalue weighted by atomic mass is 9.77. The van der Waals surface area contributed by atoms with Crippen molar-refractivity contribution in [3.63, 3.8) is 0 Å². The van der Waals surface area contributed by atoms with Crippen molar-refractivity contribution >= 4 is 34.9 Å². The maximum absolute atomic E-state index is 6.73. The van der Waals surface area contributed by atoms with E-state index in [1.54, 1.807) is 17.8 Å². The maximum Gasteiger partial charge on any atom is 0.147 e. The van der Waals surface area contributed by atoms with Crippen LogP contribution in [0, 0.1) is 5.41 Å². The van der Waals surface area contributed by atoms with Gasteiger partial charge in [-0.25, -0.2) is 9.97 Å². The van der Waals surface area contributed by atoms with Crippen LogP contribution >= 0.6 is 23.4 Å². The van der Waals surface area contributed by atoms with Crippen molar-refractivity contribution in [2.24, 2.45) is 10.4 Å². The second-order valence-corrected chi connectivity index (χ2v) is 10.2. The van der Waals surface area contributed by atoms with E-state index in [1.807, 2.05) is 30.6 Å². The molecule has 0 amide bonds. The quantitative estimate of drug-likeness (QED) is 0.507. The fourth-order valence-corrected chi connectivity index (χ4v) is 6.17. The number of aliphatic imine (C=N–C) groups is 1. The molecule has 1 aliphatic carbocycles. The molecule has 0 radical (unpaired) electrons. The Morgan fingerprint density at radius 3 is 2.55 bits per heavy atom. The van der Waals surface area contributed by atoms with Gasteiger partial charge in [0, 0.05) is 30.0 Å². The zero-order valence-corrected chi connectivity index (χ0v) is 19.3. The van der Waals surface area contributed by atoms with Gasteiger partial charge in [-0.15, -0.1) is 0 Å². The summed E-state index contributed by atoms with van der Waals surface area (Å²) in [5.74, 6) is 0.986. The molecule has 1 aromatic carbocycles. The van der Waals surface area contributed by atoms with Crippen molar-refractivity contribution in [1.29, 1.82) is 0 Å². The third-order valence-electron chi connectivity index (χ3n) is 6.89. The summed E-state index contributed by atoms with van der Waals surface area (Å²) in [6, 6.07) is 6.06. The van der Waals surface area contributed by atoms with Gasteiger partial charge in [-0.1, -0.05) is 61.0 Å². The van der Waals surface area contributed by atoms with Crippen molar-refractivity contribution in [1.82, 2.24) is 9.97 Å². The molecule has 0 N–H and O–H groups in total. The van der Waals surface area contributed by atoms with Gasteiger partial charge in [-0.2, -0.15) is 0 Å². The highest BCUT2D eigenvalue weighted by atomic mass is 35.5. The highest BCUT2D eigenvalue weighted by molar-refractivity contribution is 7.99. The van der Waals surface area contributed by atoms with Crippen LogP contribution in [0.4, 0.5) is 5.82 Å². The number of nitrogens with zero attached hydrogens (tertiary/aromatic N) is 4. The second kappa shape index (κ2) is 8.79. The Kier molecular flexibility index (Phi) is 5.89. The SMILES string of the molecule is C=CC1=CCC(c2cccc(Sc3cnc(N4CCC5(CCCC5)CC4)cn3)c2Cl)=N1. The summed E-state index contributed by atoms with van der Waals surface area (Å²) in [5, 5.41) is 1.57. The fourth-order valence-electron chi connectivity index (χ4n) is 5.03. The minimum absolute atomic E-state index is 0.618. The number of aromatic nitrogens is 2. The fraction of sp³-hybridized carbons (Fsp3) is 0.400. The molecule has 0 unspecified atom stereocenters. The van der Waals surface area contributed by atoms with Crippen molar-refractivity contribution in [3.8, 4) is 0 Å². The van der Waals surface area contributed by atoms with E-state index in [2.05, 4.69) is 27.5 Å². The number of allylic oxidation sites excluding steroid dienone is 2. The van der Waals surface area contributed by atoms with E-state index >= 15 is 0 Å². The molecule has 160 valence electrons. The molecule has 31 heavy (non-hydrogen) atoms. The molecule has 0 atom stereocenters. The molecule has 3 heterocycles. The van der Waals surface area contributed by atoms with Crippen LogP contribution in [0.3, 0.4) is 0 Å². The molecule has 2 aliphatic heterocycles. The molecule has 3 aliphatic rings. The Hall–Kier alpha value is -2.11. The summed E-state index contributed by atoms with van der Waals surface area (Å²) >= 11 is 8.28. The van der Waals surface area contributed by atoms with Crippen LogP contribution in [0.15, 0.2) is 69.9 Å². The van der Waals surface area contributed by atoms with Gasteiger partial charge in [0.15, 0.2) is 0 Å². The first-order chi connectivity index (χ1) is 15.2. The molecule has 6 heteroatoms. The Labute approximate surface area is 193 Å². The average Bonchev–Trinajstić information content (AvgIpc) is 3.46. The third-order valence-corrected chi connectivity index (χ3v) is 8.39. The van der Waals surface area contributed by atoms with Gasteiger partial charge in [0.2, 0.25) is 0 Å². The summed E-state index contributed by atoms with van der Waals surface area (Å²) in [7, 11) is 0. The predicted octanol–water partition coefficient (Wildman–Crippen LogP) is 6.70. The smallest absolute Gasteiger partial charge is 0.147 e. The molecule has 0 bridgehead atoms. The van der Waals surface area contributed by atoms with E-state index in [0.29, 0.717) is 10.4 Å². The van der Waals surface area contributed by atoms with Crippen LogP contribution < -0.4 is 4.90 Å². The number of halogens is 1. The molecule has 1 spiro atoms. The number of rotatable bonds is 5. The summed E-state index contributed by atoms with van der Waals surface area (Å²) in [4.78, 5) is 17.4. The molecule has 2 aromatic rings. The molecular formula is C25H27ClN4S. The zero-order valence-electron chi connectivity index (χ0n) is 17.7. The normalized spacial score (nSPS) is 20.1. The Morgan fingerprint density at radius 1 is 1.06 bits per heavy atom. The van der Waals surface area contributed by atoms with Gasteiger partial charge in [-0.05, 0) is 43.2 Å². The lowest BCUT2D eigenvalue weighted by Crippen LogP contribution is -2.39. The molecule has 1 saturated carbocycles. The van der Waals surface area contributed by atoms with E-state index in [4.69, 9.17) is 16.6 Å². The van der Waals surface area contributed by atoms with Crippen LogP contribution in [0.1, 0.15) is 50.5 Å². The monoisotopic (exact) mass is 450 g/mol. The first-order valence-electron chi connectivity index (χ1n) is 11.1. The van der Waals surface area contributed by atoms with Crippen LogP contribution in [0.25, 0.3) is 0 Å². The molecule has 4 nitrogen and oxygen atoms in total. The predicted molar refractivity (Wildman–Crippen MR) is 129 cm³/mol. The van der Waals surface area contributed by atoms with Gasteiger partial charge in [-0.3, -0.25) is 4.99 Å². The van der Waals surface area contributed by atoms with Gasteiger partial charge in [0.1, 0.15) is 10.8 Å². The highest BCUT2D eigenvalue weighted by Crippen LogP contribution is 2.46. The molecular weight excluding hydrogens is 424 g/mol. The van der Waals surface area contributed by atoms with E-state index in [1.165, 1.54) is 38.5 Å². The van der Waals surface area contributed by atoms with Gasteiger partial charge >= 0.3 is 0 Å². The zero-order chi connectivity index (χ0) is 21.3. The minimum Gasteiger partial charge on any atom is -0.355 e. The lowest BCUT2D eigenvalue weighted by molar-refractivity contribution is 0.226. The van der Waals surface area contributed by atoms with Crippen LogP contribution in [-0.4, -0.2) is 28.8 Å². The topological polar surface area (TPSA) is 41.4 Å². The van der Waals surface area contributed by atoms with Crippen molar-refractivity contribution in [2.75, 3.05) is 18.0 Å². The standard InChI is InChI=1S/C25H27ClN4S/c1-2-18-8-9-20(29-18)19-6-5-7-21(24(19)26)31-23-17-27-22(16-28-23)30-14-12-25(13-15-30)10-3-4-11-25/h2,5-8,16-17H,1,3-4,9-15H2. The maximum atomic E-state index is 6.73. The molecule has 2 fully saturated rings. The lowest BCUT2D eigenvalue weighted by Gasteiger charge is -2.39. The van der Waals surface area contributed by atoms with Crippen LogP contribution in [0.5, 0.6) is 0 Å². The van der Waals surface area contributed by atoms with E-state index in [9.17, 15) is 0 Å². The number of hydrogen-bond donors (Lipinski definition) is 0. The van der Waals surface area contributed by atoms with Crippen molar-refractivity contribution < 1.29 is 0 Å². The van der Waals surface area contributed by atoms with E-state index in [0.717, 1.165) is 52.2 Å². The largest absolute Gasteiger partial charge is 0.355 e. The Morgan fingerprint density at radius 2 is 1.87 bits per heavy atom. The number of anilines is 1. The Balaban J connectivity index is 1.26. The van der Waals surface area contributed by atoms with E-state index < -0.39 is 0 Å². The molecule has 1 saturated heterocycles. The van der Waals surface area contributed by atoms with Crippen molar-refractivity contribution in [2.45, 2.75) is 54.9 Å². The average molecular weight is 451 g/mol. The van der Waals surface area contributed by atoms with Gasteiger partial charge in [0.05, 0.1) is 28.8 Å². The summed E-state index contributed by atoms with van der Waals surface area (Å²) < 4.78 is 0. The van der Waals surface area contributed by atoms with Gasteiger partial charge in [0.25, 0.3) is 0 Å². The number of benzene rings is 1. The highest BCUT2D eigenvalue weighted by Gasteiger charge is 2.37. The Bertz CT molecular complexity index is 1030.